The lowest BCUT2D eigenvalue weighted by Gasteiger charge is -1.99. The van der Waals surface area contributed by atoms with Crippen molar-refractivity contribution < 1.29 is 0 Å². The van der Waals surface area contributed by atoms with Gasteiger partial charge in [0.2, 0.25) is 0 Å². The fraction of sp³-hybridized carbons (Fsp3) is 0.625. The van der Waals surface area contributed by atoms with Crippen molar-refractivity contribution >= 4 is 11.5 Å². The minimum atomic E-state index is 0.779. The first-order valence-electron chi connectivity index (χ1n) is 4.19. The van der Waals surface area contributed by atoms with E-state index in [0.717, 1.165) is 30.0 Å². The highest BCUT2D eigenvalue weighted by Crippen LogP contribution is 2.21. The van der Waals surface area contributed by atoms with Crippen LogP contribution >= 0.6 is 0 Å². The number of anilines is 2. The molecule has 0 fully saturated rings. The van der Waals surface area contributed by atoms with E-state index >= 15 is 0 Å². The molecular weight excluding hydrogens is 152 g/mol. The van der Waals surface area contributed by atoms with Gasteiger partial charge < -0.3 is 11.1 Å². The Bertz CT molecular complexity index is 264. The first-order chi connectivity index (χ1) is 5.70. The minimum absolute atomic E-state index is 0.779. The highest BCUT2D eigenvalue weighted by Gasteiger charge is 2.09. The van der Waals surface area contributed by atoms with Gasteiger partial charge in [-0.3, -0.25) is 4.68 Å². The van der Waals surface area contributed by atoms with Crippen LogP contribution in [0.1, 0.15) is 19.0 Å². The van der Waals surface area contributed by atoms with Crippen molar-refractivity contribution in [3.05, 3.63) is 5.69 Å². The number of nitrogen functional groups attached to an aromatic ring is 1. The Labute approximate surface area is 72.8 Å². The number of aromatic nitrogens is 2. The molecule has 4 nitrogen and oxygen atoms in total. The van der Waals surface area contributed by atoms with Crippen LogP contribution < -0.4 is 11.1 Å². The lowest BCUT2D eigenvalue weighted by Crippen LogP contribution is -2.00. The van der Waals surface area contributed by atoms with Crippen molar-refractivity contribution in [2.24, 2.45) is 7.05 Å². The molecular formula is C8H16N4. The molecule has 1 rings (SSSR count). The number of nitrogens with two attached hydrogens (primary N) is 1. The number of aryl methyl sites for hydroxylation is 2. The van der Waals surface area contributed by atoms with Crippen LogP contribution in [-0.2, 0) is 13.5 Å². The highest BCUT2D eigenvalue weighted by molar-refractivity contribution is 5.64. The standard InChI is InChI=1S/C8H16N4/c1-4-5-6-7(9)8(10-2)12(3)11-6/h10H,4-5,9H2,1-3H3. The number of nitrogens with one attached hydrogen (secondary N) is 1. The Hall–Kier alpha value is -1.19. The van der Waals surface area contributed by atoms with Crippen molar-refractivity contribution in [3.63, 3.8) is 0 Å². The van der Waals surface area contributed by atoms with Gasteiger partial charge in [0.25, 0.3) is 0 Å². The van der Waals surface area contributed by atoms with E-state index in [1.807, 2.05) is 14.1 Å². The minimum Gasteiger partial charge on any atom is -0.394 e. The summed E-state index contributed by atoms with van der Waals surface area (Å²) in [6, 6.07) is 0. The van der Waals surface area contributed by atoms with Crippen molar-refractivity contribution in [2.45, 2.75) is 19.8 Å². The summed E-state index contributed by atoms with van der Waals surface area (Å²) in [6.45, 7) is 2.12. The van der Waals surface area contributed by atoms with E-state index < -0.39 is 0 Å². The largest absolute Gasteiger partial charge is 0.394 e. The predicted molar refractivity (Wildman–Crippen MR) is 51.2 cm³/mol. The molecule has 0 aliphatic carbocycles. The van der Waals surface area contributed by atoms with E-state index in [1.54, 1.807) is 4.68 Å². The first-order valence-corrected chi connectivity index (χ1v) is 4.19. The second kappa shape index (κ2) is 3.47. The molecule has 1 aromatic heterocycles. The molecule has 68 valence electrons. The van der Waals surface area contributed by atoms with Gasteiger partial charge in [-0.1, -0.05) is 13.3 Å². The molecule has 0 aliphatic rings. The molecule has 0 amide bonds. The van der Waals surface area contributed by atoms with Crippen LogP contribution in [0.5, 0.6) is 0 Å². The third-order valence-electron chi connectivity index (χ3n) is 1.88. The van der Waals surface area contributed by atoms with Crippen LogP contribution in [0.2, 0.25) is 0 Å². The summed E-state index contributed by atoms with van der Waals surface area (Å²) in [5.74, 6) is 0.901. The van der Waals surface area contributed by atoms with Crippen molar-refractivity contribution in [2.75, 3.05) is 18.1 Å². The lowest BCUT2D eigenvalue weighted by atomic mass is 10.2. The second-order valence-corrected chi connectivity index (χ2v) is 2.83. The van der Waals surface area contributed by atoms with Gasteiger partial charge in [0.15, 0.2) is 0 Å². The average Bonchev–Trinajstić information content (AvgIpc) is 2.29. The zero-order valence-corrected chi connectivity index (χ0v) is 7.89. The van der Waals surface area contributed by atoms with Crippen LogP contribution in [-0.4, -0.2) is 16.8 Å². The van der Waals surface area contributed by atoms with E-state index in [0.29, 0.717) is 0 Å². The first kappa shape index (κ1) is 8.90. The molecule has 3 N–H and O–H groups in total. The van der Waals surface area contributed by atoms with Crippen LogP contribution in [0.3, 0.4) is 0 Å². The van der Waals surface area contributed by atoms with Gasteiger partial charge in [-0.25, -0.2) is 0 Å². The summed E-state index contributed by atoms with van der Waals surface area (Å²) in [6.07, 6.45) is 2.02. The topological polar surface area (TPSA) is 55.9 Å². The normalized spacial score (nSPS) is 10.2. The van der Waals surface area contributed by atoms with Gasteiger partial charge in [-0.05, 0) is 6.42 Å². The van der Waals surface area contributed by atoms with Crippen LogP contribution in [0.15, 0.2) is 0 Å². The van der Waals surface area contributed by atoms with Crippen molar-refractivity contribution in [1.82, 2.24) is 9.78 Å². The van der Waals surface area contributed by atoms with E-state index in [-0.39, 0.29) is 0 Å². The summed E-state index contributed by atoms with van der Waals surface area (Å²) in [5, 5.41) is 7.32. The molecule has 0 unspecified atom stereocenters. The third-order valence-corrected chi connectivity index (χ3v) is 1.88. The van der Waals surface area contributed by atoms with Crippen molar-refractivity contribution in [1.29, 1.82) is 0 Å². The average molecular weight is 168 g/mol. The molecule has 0 radical (unpaired) electrons. The van der Waals surface area contributed by atoms with Gasteiger partial charge in [0.05, 0.1) is 11.4 Å². The zero-order valence-electron chi connectivity index (χ0n) is 7.89. The molecule has 0 saturated carbocycles. The van der Waals surface area contributed by atoms with Gasteiger partial charge in [0, 0.05) is 14.1 Å². The Kier molecular flexibility index (Phi) is 2.58. The second-order valence-electron chi connectivity index (χ2n) is 2.83. The SMILES string of the molecule is CCCc1nn(C)c(NC)c1N. The van der Waals surface area contributed by atoms with Crippen molar-refractivity contribution in [3.8, 4) is 0 Å². The van der Waals surface area contributed by atoms with Crippen LogP contribution in [0.25, 0.3) is 0 Å². The van der Waals surface area contributed by atoms with E-state index in [4.69, 9.17) is 5.73 Å². The smallest absolute Gasteiger partial charge is 0.147 e. The maximum atomic E-state index is 5.85. The Morgan fingerprint density at radius 1 is 1.58 bits per heavy atom. The van der Waals surface area contributed by atoms with E-state index in [2.05, 4.69) is 17.3 Å². The van der Waals surface area contributed by atoms with Gasteiger partial charge in [0.1, 0.15) is 5.82 Å². The van der Waals surface area contributed by atoms with E-state index in [9.17, 15) is 0 Å². The van der Waals surface area contributed by atoms with Gasteiger partial charge in [-0.2, -0.15) is 5.10 Å². The highest BCUT2D eigenvalue weighted by atomic mass is 15.3. The summed E-state index contributed by atoms with van der Waals surface area (Å²) in [7, 11) is 3.74. The van der Waals surface area contributed by atoms with Crippen LogP contribution in [0.4, 0.5) is 11.5 Å². The molecule has 0 atom stereocenters. The molecule has 0 saturated heterocycles. The van der Waals surface area contributed by atoms with Gasteiger partial charge in [-0.15, -0.1) is 0 Å². The fourth-order valence-corrected chi connectivity index (χ4v) is 1.31. The van der Waals surface area contributed by atoms with Gasteiger partial charge >= 0.3 is 0 Å². The molecule has 4 heteroatoms. The molecule has 12 heavy (non-hydrogen) atoms. The van der Waals surface area contributed by atoms with E-state index in [1.165, 1.54) is 0 Å². The lowest BCUT2D eigenvalue weighted by molar-refractivity contribution is 0.738. The number of hydrogen-bond donors (Lipinski definition) is 2. The summed E-state index contributed by atoms with van der Waals surface area (Å²) in [5.41, 5.74) is 7.62. The number of nitrogens with zero attached hydrogens (tertiary/aromatic N) is 2. The molecule has 0 aromatic carbocycles. The summed E-state index contributed by atoms with van der Waals surface area (Å²) in [4.78, 5) is 0. The number of hydrogen-bond acceptors (Lipinski definition) is 3. The Morgan fingerprint density at radius 2 is 2.25 bits per heavy atom. The third kappa shape index (κ3) is 1.37. The maximum Gasteiger partial charge on any atom is 0.147 e. The Balaban J connectivity index is 3.00. The monoisotopic (exact) mass is 168 g/mol. The summed E-state index contributed by atoms with van der Waals surface area (Å²) < 4.78 is 1.78. The molecule has 0 bridgehead atoms. The molecule has 1 aromatic rings. The zero-order chi connectivity index (χ0) is 9.14. The molecule has 0 aliphatic heterocycles. The Morgan fingerprint density at radius 3 is 2.67 bits per heavy atom. The predicted octanol–water partition coefficient (Wildman–Crippen LogP) is 0.996. The summed E-state index contributed by atoms with van der Waals surface area (Å²) >= 11 is 0. The molecule has 1 heterocycles. The van der Waals surface area contributed by atoms with Crippen LogP contribution in [0, 0.1) is 0 Å². The maximum absolute atomic E-state index is 5.85. The quantitative estimate of drug-likeness (QED) is 0.707. The fourth-order valence-electron chi connectivity index (χ4n) is 1.31. The molecule has 0 spiro atoms. The number of rotatable bonds is 3.